The highest BCUT2D eigenvalue weighted by molar-refractivity contribution is 5.89. The second-order valence-corrected chi connectivity index (χ2v) is 9.60. The molecule has 2 amide bonds. The quantitative estimate of drug-likeness (QED) is 0.716. The summed E-state index contributed by atoms with van der Waals surface area (Å²) >= 11 is 0. The summed E-state index contributed by atoms with van der Waals surface area (Å²) in [6.07, 6.45) is 14.9. The molecule has 5 rings (SSSR count). The largest absolute Gasteiger partial charge is 0.355 e. The van der Waals surface area contributed by atoms with Crippen molar-refractivity contribution in [2.75, 3.05) is 31.1 Å². The number of hydrogen-bond donors (Lipinski definition) is 1. The maximum atomic E-state index is 12.9. The zero-order valence-electron chi connectivity index (χ0n) is 18.7. The van der Waals surface area contributed by atoms with Crippen LogP contribution in [0.5, 0.6) is 0 Å². The Labute approximate surface area is 188 Å². The predicted octanol–water partition coefficient (Wildman–Crippen LogP) is 2.03. The Morgan fingerprint density at radius 2 is 1.94 bits per heavy atom. The van der Waals surface area contributed by atoms with Crippen molar-refractivity contribution < 1.29 is 9.59 Å². The van der Waals surface area contributed by atoms with Crippen LogP contribution in [0.15, 0.2) is 18.7 Å². The molecule has 32 heavy (non-hydrogen) atoms. The van der Waals surface area contributed by atoms with E-state index in [0.29, 0.717) is 31.5 Å². The molecule has 0 spiro atoms. The highest BCUT2D eigenvalue weighted by Crippen LogP contribution is 2.28. The third-order valence-electron chi connectivity index (χ3n) is 7.38. The number of anilines is 1. The van der Waals surface area contributed by atoms with E-state index < -0.39 is 0 Å². The van der Waals surface area contributed by atoms with Crippen LogP contribution >= 0.6 is 0 Å². The Hall–Kier alpha value is -2.71. The van der Waals surface area contributed by atoms with Crippen LogP contribution in [0.1, 0.15) is 57.8 Å². The minimum absolute atomic E-state index is 0.0317. The van der Waals surface area contributed by atoms with Crippen LogP contribution in [0.25, 0.3) is 5.65 Å². The molecule has 2 atom stereocenters. The van der Waals surface area contributed by atoms with E-state index in [0.717, 1.165) is 50.2 Å². The molecule has 0 radical (unpaired) electrons. The fourth-order valence-corrected chi connectivity index (χ4v) is 5.61. The summed E-state index contributed by atoms with van der Waals surface area (Å²) in [5.41, 5.74) is 0.764. The maximum absolute atomic E-state index is 12.9. The number of hydrogen-bond acceptors (Lipinski definition) is 6. The Morgan fingerprint density at radius 1 is 1.09 bits per heavy atom. The second-order valence-electron chi connectivity index (χ2n) is 9.60. The van der Waals surface area contributed by atoms with Crippen LogP contribution in [0.3, 0.4) is 0 Å². The molecule has 1 aliphatic carbocycles. The maximum Gasteiger partial charge on any atom is 0.225 e. The van der Waals surface area contributed by atoms with E-state index >= 15 is 0 Å². The molecule has 3 fully saturated rings. The first-order valence-corrected chi connectivity index (χ1v) is 12.2. The van der Waals surface area contributed by atoms with Gasteiger partial charge in [-0.25, -0.2) is 4.98 Å². The highest BCUT2D eigenvalue weighted by atomic mass is 16.2. The van der Waals surface area contributed by atoms with Crippen LogP contribution in [-0.4, -0.2) is 68.5 Å². The number of fused-ring (bicyclic) bond motifs is 1. The molecule has 1 N–H and O–H groups in total. The molecule has 2 saturated heterocycles. The number of rotatable bonds is 5. The van der Waals surface area contributed by atoms with E-state index in [4.69, 9.17) is 0 Å². The summed E-state index contributed by atoms with van der Waals surface area (Å²) in [6.45, 7) is 2.99. The molecule has 3 aliphatic rings. The standard InChI is InChI=1S/C23H33N7O2/c31-20-12-18(15-30(20)19-7-3-1-2-4-8-19)23(32)25-13-17-6-5-10-28(14-17)21-22-27-26-16-29(22)11-9-24-21/h9,11,16-19H,1-8,10,12-15H2,(H,25,32)/t17-,18+/m1/s1. The summed E-state index contributed by atoms with van der Waals surface area (Å²) in [7, 11) is 0. The Balaban J connectivity index is 1.15. The molecule has 0 aromatic carbocycles. The normalized spacial score (nSPS) is 25.3. The van der Waals surface area contributed by atoms with Crippen molar-refractivity contribution in [3.8, 4) is 0 Å². The zero-order valence-corrected chi connectivity index (χ0v) is 18.7. The number of carbonyl (C=O) groups excluding carboxylic acids is 2. The molecule has 9 heteroatoms. The first kappa shape index (κ1) is 21.2. The number of carbonyl (C=O) groups is 2. The number of nitrogens with zero attached hydrogens (tertiary/aromatic N) is 6. The van der Waals surface area contributed by atoms with Gasteiger partial charge >= 0.3 is 0 Å². The van der Waals surface area contributed by atoms with E-state index in [1.807, 2.05) is 15.5 Å². The van der Waals surface area contributed by atoms with Crippen molar-refractivity contribution in [2.24, 2.45) is 11.8 Å². The van der Waals surface area contributed by atoms with Crippen LogP contribution in [-0.2, 0) is 9.59 Å². The van der Waals surface area contributed by atoms with Crippen molar-refractivity contribution in [3.63, 3.8) is 0 Å². The van der Waals surface area contributed by atoms with Gasteiger partial charge in [0.2, 0.25) is 17.5 Å². The molecule has 0 unspecified atom stereocenters. The van der Waals surface area contributed by atoms with Gasteiger partial charge in [-0.2, -0.15) is 0 Å². The summed E-state index contributed by atoms with van der Waals surface area (Å²) in [5.74, 6) is 1.18. The van der Waals surface area contributed by atoms with Crippen LogP contribution in [0.4, 0.5) is 5.82 Å². The summed E-state index contributed by atoms with van der Waals surface area (Å²) in [4.78, 5) is 34.3. The Kier molecular flexibility index (Phi) is 6.23. The molecule has 2 aliphatic heterocycles. The van der Waals surface area contributed by atoms with E-state index in [9.17, 15) is 9.59 Å². The molecule has 4 heterocycles. The number of amides is 2. The lowest BCUT2D eigenvalue weighted by Crippen LogP contribution is -2.43. The smallest absolute Gasteiger partial charge is 0.225 e. The van der Waals surface area contributed by atoms with Crippen LogP contribution in [0.2, 0.25) is 0 Å². The molecule has 1 saturated carbocycles. The summed E-state index contributed by atoms with van der Waals surface area (Å²) in [6, 6.07) is 0.335. The van der Waals surface area contributed by atoms with Gasteiger partial charge in [0.15, 0.2) is 5.82 Å². The van der Waals surface area contributed by atoms with E-state index in [-0.39, 0.29) is 17.7 Å². The lowest BCUT2D eigenvalue weighted by Gasteiger charge is -2.33. The third kappa shape index (κ3) is 4.42. The minimum Gasteiger partial charge on any atom is -0.355 e. The fourth-order valence-electron chi connectivity index (χ4n) is 5.61. The fraction of sp³-hybridized carbons (Fsp3) is 0.696. The highest BCUT2D eigenvalue weighted by Gasteiger charge is 2.38. The van der Waals surface area contributed by atoms with Gasteiger partial charge < -0.3 is 15.1 Å². The topological polar surface area (TPSA) is 95.7 Å². The molecule has 172 valence electrons. The third-order valence-corrected chi connectivity index (χ3v) is 7.38. The lowest BCUT2D eigenvalue weighted by molar-refractivity contribution is -0.130. The molecular weight excluding hydrogens is 406 g/mol. The minimum atomic E-state index is -0.211. The first-order valence-electron chi connectivity index (χ1n) is 12.2. The predicted molar refractivity (Wildman–Crippen MR) is 120 cm³/mol. The van der Waals surface area contributed by atoms with Crippen LogP contribution in [0, 0.1) is 11.8 Å². The van der Waals surface area contributed by atoms with E-state index in [1.165, 1.54) is 25.7 Å². The summed E-state index contributed by atoms with van der Waals surface area (Å²) < 4.78 is 1.88. The second kappa shape index (κ2) is 9.42. The molecule has 2 aromatic rings. The number of nitrogens with one attached hydrogen (secondary N) is 1. The average Bonchev–Trinajstić information content (AvgIpc) is 3.36. The van der Waals surface area contributed by atoms with Gasteiger partial charge in [-0.15, -0.1) is 10.2 Å². The number of aromatic nitrogens is 4. The van der Waals surface area contributed by atoms with Gasteiger partial charge in [0.05, 0.1) is 5.92 Å². The van der Waals surface area contributed by atoms with Gasteiger partial charge in [0.25, 0.3) is 0 Å². The molecule has 2 aromatic heterocycles. The van der Waals surface area contributed by atoms with Crippen molar-refractivity contribution in [1.29, 1.82) is 0 Å². The number of piperidine rings is 1. The summed E-state index contributed by atoms with van der Waals surface area (Å²) in [5, 5.41) is 11.4. The van der Waals surface area contributed by atoms with Crippen molar-refractivity contribution in [1.82, 2.24) is 29.8 Å². The monoisotopic (exact) mass is 439 g/mol. The lowest BCUT2D eigenvalue weighted by atomic mass is 9.97. The van der Waals surface area contributed by atoms with Gasteiger partial charge in [-0.1, -0.05) is 25.7 Å². The van der Waals surface area contributed by atoms with E-state index in [1.54, 1.807) is 12.5 Å². The van der Waals surface area contributed by atoms with Gasteiger partial charge in [-0.3, -0.25) is 14.0 Å². The Morgan fingerprint density at radius 3 is 2.78 bits per heavy atom. The van der Waals surface area contributed by atoms with Gasteiger partial charge in [0.1, 0.15) is 6.33 Å². The van der Waals surface area contributed by atoms with Gasteiger partial charge in [-0.05, 0) is 31.6 Å². The molecule has 9 nitrogen and oxygen atoms in total. The van der Waals surface area contributed by atoms with Crippen molar-refractivity contribution >= 4 is 23.3 Å². The molecular formula is C23H33N7O2. The zero-order chi connectivity index (χ0) is 21.9. The number of likely N-dealkylation sites (tertiary alicyclic amines) is 1. The van der Waals surface area contributed by atoms with Crippen LogP contribution < -0.4 is 10.2 Å². The van der Waals surface area contributed by atoms with Gasteiger partial charge in [0, 0.05) is 51.0 Å². The van der Waals surface area contributed by atoms with Crippen molar-refractivity contribution in [3.05, 3.63) is 18.7 Å². The Bertz CT molecular complexity index is 953. The molecule has 0 bridgehead atoms. The first-order chi connectivity index (χ1) is 15.7. The average molecular weight is 440 g/mol. The van der Waals surface area contributed by atoms with E-state index in [2.05, 4.69) is 25.4 Å². The van der Waals surface area contributed by atoms with Crippen molar-refractivity contribution in [2.45, 2.75) is 63.8 Å². The SMILES string of the molecule is O=C(NC[C@H]1CCCN(c2nccn3cnnc23)C1)[C@H]1CC(=O)N(C2CCCCCC2)C1.